The Morgan fingerprint density at radius 1 is 1.13 bits per heavy atom. The Kier molecular flexibility index (Phi) is 6.08. The Morgan fingerprint density at radius 3 is 2.63 bits per heavy atom. The fourth-order valence-electron chi connectivity index (χ4n) is 3.68. The van der Waals surface area contributed by atoms with Gasteiger partial charge in [0.2, 0.25) is 10.0 Å². The Morgan fingerprint density at radius 2 is 1.93 bits per heavy atom. The molecule has 0 saturated carbocycles. The summed E-state index contributed by atoms with van der Waals surface area (Å²) >= 11 is 3.49. The molecule has 6 nitrogen and oxygen atoms in total. The summed E-state index contributed by atoms with van der Waals surface area (Å²) in [5, 5.41) is 0. The SMILES string of the molecule is O=C(c1ccc(S(=O)(=O)NCc2ccco2)cc1)N1CCCC1c1cccc(Br)c1. The van der Waals surface area contributed by atoms with Crippen molar-refractivity contribution in [2.24, 2.45) is 0 Å². The predicted octanol–water partition coefficient (Wildman–Crippen LogP) is 4.50. The molecule has 1 unspecified atom stereocenters. The summed E-state index contributed by atoms with van der Waals surface area (Å²) in [7, 11) is -3.70. The fraction of sp³-hybridized carbons (Fsp3) is 0.227. The molecule has 2 aromatic carbocycles. The molecule has 0 radical (unpaired) electrons. The maximum Gasteiger partial charge on any atom is 0.254 e. The molecule has 30 heavy (non-hydrogen) atoms. The first-order chi connectivity index (χ1) is 14.4. The first kappa shape index (κ1) is 20.8. The molecule has 156 valence electrons. The maximum atomic E-state index is 13.1. The van der Waals surface area contributed by atoms with Crippen molar-refractivity contribution in [1.29, 1.82) is 0 Å². The summed E-state index contributed by atoms with van der Waals surface area (Å²) in [5.41, 5.74) is 1.57. The highest BCUT2D eigenvalue weighted by atomic mass is 79.9. The molecule has 8 heteroatoms. The van der Waals surface area contributed by atoms with Crippen molar-refractivity contribution in [3.63, 3.8) is 0 Å². The van der Waals surface area contributed by atoms with E-state index in [-0.39, 0.29) is 23.4 Å². The first-order valence-electron chi connectivity index (χ1n) is 9.62. The normalized spacial score (nSPS) is 16.7. The third-order valence-corrected chi connectivity index (χ3v) is 7.09. The number of hydrogen-bond donors (Lipinski definition) is 1. The largest absolute Gasteiger partial charge is 0.468 e. The lowest BCUT2D eigenvalue weighted by atomic mass is 10.0. The molecule has 0 bridgehead atoms. The van der Waals surface area contributed by atoms with Crippen LogP contribution in [0.15, 0.2) is 80.7 Å². The minimum Gasteiger partial charge on any atom is -0.468 e. The van der Waals surface area contributed by atoms with Crippen molar-refractivity contribution >= 4 is 31.9 Å². The van der Waals surface area contributed by atoms with Crippen LogP contribution in [0.4, 0.5) is 0 Å². The fourth-order valence-corrected chi connectivity index (χ4v) is 5.09. The van der Waals surface area contributed by atoms with E-state index >= 15 is 0 Å². The maximum absolute atomic E-state index is 13.1. The zero-order valence-corrected chi connectivity index (χ0v) is 18.5. The summed E-state index contributed by atoms with van der Waals surface area (Å²) in [6, 6.07) is 17.5. The highest BCUT2D eigenvalue weighted by molar-refractivity contribution is 9.10. The molecular weight excluding hydrogens is 468 g/mol. The lowest BCUT2D eigenvalue weighted by Gasteiger charge is -2.25. The zero-order valence-electron chi connectivity index (χ0n) is 16.1. The van der Waals surface area contributed by atoms with E-state index in [4.69, 9.17) is 4.42 Å². The number of nitrogens with one attached hydrogen (secondary N) is 1. The lowest BCUT2D eigenvalue weighted by molar-refractivity contribution is 0.0735. The van der Waals surface area contributed by atoms with Gasteiger partial charge >= 0.3 is 0 Å². The molecule has 0 aliphatic carbocycles. The molecule has 0 spiro atoms. The van der Waals surface area contributed by atoms with Gasteiger partial charge in [0.15, 0.2) is 0 Å². The van der Waals surface area contributed by atoms with E-state index in [0.717, 1.165) is 22.9 Å². The van der Waals surface area contributed by atoms with Crippen LogP contribution in [0, 0.1) is 0 Å². The van der Waals surface area contributed by atoms with Gasteiger partial charge in [0.1, 0.15) is 5.76 Å². The highest BCUT2D eigenvalue weighted by Crippen LogP contribution is 2.34. The Labute approximate surface area is 184 Å². The van der Waals surface area contributed by atoms with E-state index in [9.17, 15) is 13.2 Å². The minimum atomic E-state index is -3.70. The predicted molar refractivity (Wildman–Crippen MR) is 116 cm³/mol. The summed E-state index contributed by atoms with van der Waals surface area (Å²) in [4.78, 5) is 15.1. The van der Waals surface area contributed by atoms with E-state index in [1.54, 1.807) is 24.3 Å². The molecular formula is C22H21BrN2O4S. The summed E-state index contributed by atoms with van der Waals surface area (Å²) in [6.07, 6.45) is 3.33. The van der Waals surface area contributed by atoms with E-state index < -0.39 is 10.0 Å². The number of sulfonamides is 1. The van der Waals surface area contributed by atoms with Crippen molar-refractivity contribution in [3.8, 4) is 0 Å². The van der Waals surface area contributed by atoms with Crippen molar-refractivity contribution in [2.75, 3.05) is 6.54 Å². The van der Waals surface area contributed by atoms with Crippen LogP contribution < -0.4 is 4.72 Å². The van der Waals surface area contributed by atoms with Gasteiger partial charge in [-0.2, -0.15) is 0 Å². The number of amides is 1. The molecule has 1 amide bonds. The molecule has 3 aromatic rings. The van der Waals surface area contributed by atoms with Crippen LogP contribution in [0.2, 0.25) is 0 Å². The second-order valence-corrected chi connectivity index (χ2v) is 9.82. The van der Waals surface area contributed by atoms with Crippen molar-refractivity contribution < 1.29 is 17.6 Å². The zero-order chi connectivity index (χ0) is 21.1. The van der Waals surface area contributed by atoms with E-state index in [1.807, 2.05) is 29.2 Å². The summed E-state index contributed by atoms with van der Waals surface area (Å²) in [6.45, 7) is 0.749. The van der Waals surface area contributed by atoms with Crippen LogP contribution in [0.3, 0.4) is 0 Å². The quantitative estimate of drug-likeness (QED) is 0.553. The van der Waals surface area contributed by atoms with Gasteiger partial charge in [-0.15, -0.1) is 0 Å². The molecule has 1 aliphatic rings. The van der Waals surface area contributed by atoms with E-state index in [1.165, 1.54) is 18.4 Å². The number of rotatable bonds is 6. The standard InChI is InChI=1S/C22H21BrN2O4S/c23-18-5-1-4-17(14-18)21-7-2-12-25(21)22(26)16-8-10-20(11-9-16)30(27,28)24-15-19-6-3-13-29-19/h1,3-6,8-11,13-14,21,24H,2,7,12,15H2. The van der Waals surface area contributed by atoms with Crippen molar-refractivity contribution in [1.82, 2.24) is 9.62 Å². The Balaban J connectivity index is 1.48. The second kappa shape index (κ2) is 8.75. The van der Waals surface area contributed by atoms with Crippen LogP contribution in [0.5, 0.6) is 0 Å². The van der Waals surface area contributed by atoms with Gasteiger partial charge in [-0.05, 0) is 66.9 Å². The van der Waals surface area contributed by atoms with Crippen molar-refractivity contribution in [2.45, 2.75) is 30.3 Å². The minimum absolute atomic E-state index is 0.0216. The Bertz CT molecular complexity index is 1130. The topological polar surface area (TPSA) is 79.6 Å². The molecule has 1 aromatic heterocycles. The smallest absolute Gasteiger partial charge is 0.254 e. The number of likely N-dealkylation sites (tertiary alicyclic amines) is 1. The third kappa shape index (κ3) is 4.50. The van der Waals surface area contributed by atoms with Gasteiger partial charge in [0.25, 0.3) is 5.91 Å². The first-order valence-corrected chi connectivity index (χ1v) is 11.9. The van der Waals surface area contributed by atoms with Gasteiger partial charge in [0.05, 0.1) is 23.7 Å². The van der Waals surface area contributed by atoms with Gasteiger partial charge in [0, 0.05) is 16.6 Å². The number of carbonyl (C=O) groups excluding carboxylic acids is 1. The average Bonchev–Trinajstić information content (AvgIpc) is 3.44. The molecule has 1 atom stereocenters. The molecule has 1 N–H and O–H groups in total. The van der Waals surface area contributed by atoms with Crippen LogP contribution in [0.25, 0.3) is 0 Å². The number of hydrogen-bond acceptors (Lipinski definition) is 4. The molecule has 1 aliphatic heterocycles. The molecule has 2 heterocycles. The monoisotopic (exact) mass is 488 g/mol. The average molecular weight is 489 g/mol. The van der Waals surface area contributed by atoms with Gasteiger partial charge in [-0.25, -0.2) is 13.1 Å². The van der Waals surface area contributed by atoms with Gasteiger partial charge in [-0.3, -0.25) is 4.79 Å². The van der Waals surface area contributed by atoms with Crippen LogP contribution in [-0.2, 0) is 16.6 Å². The van der Waals surface area contributed by atoms with Crippen LogP contribution in [0.1, 0.15) is 40.6 Å². The number of nitrogens with zero attached hydrogens (tertiary/aromatic N) is 1. The van der Waals surface area contributed by atoms with Gasteiger partial charge in [-0.1, -0.05) is 28.1 Å². The van der Waals surface area contributed by atoms with E-state index in [0.29, 0.717) is 17.9 Å². The lowest BCUT2D eigenvalue weighted by Crippen LogP contribution is -2.30. The molecule has 1 saturated heterocycles. The Hall–Kier alpha value is -2.42. The number of halogens is 1. The highest BCUT2D eigenvalue weighted by Gasteiger charge is 2.30. The van der Waals surface area contributed by atoms with Gasteiger partial charge < -0.3 is 9.32 Å². The number of carbonyl (C=O) groups is 1. The van der Waals surface area contributed by atoms with Crippen LogP contribution in [-0.4, -0.2) is 25.8 Å². The molecule has 4 rings (SSSR count). The summed E-state index contributed by atoms with van der Waals surface area (Å²) in [5.74, 6) is 0.433. The number of benzene rings is 2. The second-order valence-electron chi connectivity index (χ2n) is 7.14. The van der Waals surface area contributed by atoms with Crippen LogP contribution >= 0.6 is 15.9 Å². The molecule has 1 fully saturated rings. The van der Waals surface area contributed by atoms with Crippen molar-refractivity contribution in [3.05, 3.63) is 88.3 Å². The summed E-state index contributed by atoms with van der Waals surface area (Å²) < 4.78 is 33.6. The third-order valence-electron chi connectivity index (χ3n) is 5.18. The number of furan rings is 1. The van der Waals surface area contributed by atoms with E-state index in [2.05, 4.69) is 20.7 Å².